The first-order chi connectivity index (χ1) is 21.7. The van der Waals surface area contributed by atoms with Crippen molar-refractivity contribution in [2.45, 2.75) is 56.4 Å². The van der Waals surface area contributed by atoms with Crippen LogP contribution in [0.4, 0.5) is 0 Å². The van der Waals surface area contributed by atoms with Gasteiger partial charge in [0.05, 0.1) is 12.6 Å². The Balaban J connectivity index is 1.32. The molecule has 2 aliphatic rings. The van der Waals surface area contributed by atoms with Crippen LogP contribution in [0.1, 0.15) is 49.3 Å². The van der Waals surface area contributed by atoms with Gasteiger partial charge in [-0.25, -0.2) is 4.79 Å². The van der Waals surface area contributed by atoms with Gasteiger partial charge in [0.1, 0.15) is 22.7 Å². The van der Waals surface area contributed by atoms with E-state index in [0.717, 1.165) is 16.7 Å². The molecule has 0 radical (unpaired) electrons. The average Bonchev–Trinajstić information content (AvgIpc) is 3.49. The fourth-order valence-electron chi connectivity index (χ4n) is 5.34. The topological polar surface area (TPSA) is 116 Å². The lowest BCUT2D eigenvalue weighted by molar-refractivity contribution is -0.164. The smallest absolute Gasteiger partial charge is 0.334 e. The molecular weight excluding hydrogens is 590 g/mol. The van der Waals surface area contributed by atoms with Crippen molar-refractivity contribution in [3.63, 3.8) is 0 Å². The summed E-state index contributed by atoms with van der Waals surface area (Å²) in [7, 11) is 0. The molecule has 0 spiro atoms. The van der Waals surface area contributed by atoms with E-state index in [4.69, 9.17) is 9.57 Å². The van der Waals surface area contributed by atoms with Gasteiger partial charge in [-0.15, -0.1) is 16.9 Å². The van der Waals surface area contributed by atoms with E-state index in [0.29, 0.717) is 11.3 Å². The number of nitrogens with zero attached hydrogens (tertiary/aromatic N) is 4. The first kappa shape index (κ1) is 30.1. The minimum atomic E-state index is -1.14. The average molecular weight is 624 g/mol. The number of thioether (sulfide) groups is 1. The monoisotopic (exact) mass is 623 g/mol. The van der Waals surface area contributed by atoms with Crippen LogP contribution in [0.5, 0.6) is 0 Å². The molecule has 0 saturated carbocycles. The first-order valence-corrected chi connectivity index (χ1v) is 15.6. The predicted octanol–water partition coefficient (Wildman–Crippen LogP) is 4.19. The Kier molecular flexibility index (Phi) is 8.44. The number of benzene rings is 3. The largest absolute Gasteiger partial charge is 0.451 e. The van der Waals surface area contributed by atoms with E-state index < -0.39 is 35.1 Å². The number of amides is 2. The van der Waals surface area contributed by atoms with Crippen molar-refractivity contribution in [2.24, 2.45) is 0 Å². The zero-order valence-corrected chi connectivity index (χ0v) is 25.9. The fourth-order valence-corrected chi connectivity index (χ4v) is 6.58. The van der Waals surface area contributed by atoms with Crippen molar-refractivity contribution in [1.82, 2.24) is 25.4 Å². The molecule has 1 aromatic heterocycles. The number of carbonyl (C=O) groups is 3. The van der Waals surface area contributed by atoms with Crippen LogP contribution < -0.4 is 10.2 Å². The van der Waals surface area contributed by atoms with Crippen molar-refractivity contribution in [3.05, 3.63) is 125 Å². The molecule has 4 aromatic rings. The van der Waals surface area contributed by atoms with Gasteiger partial charge in [0.15, 0.2) is 12.1 Å². The van der Waals surface area contributed by atoms with Gasteiger partial charge in [-0.05, 0) is 48.1 Å². The molecule has 10 nitrogen and oxygen atoms in total. The van der Waals surface area contributed by atoms with E-state index in [1.807, 2.05) is 112 Å². The number of aromatic nitrogens is 3. The normalized spacial score (nSPS) is 19.3. The molecule has 2 unspecified atom stereocenters. The first-order valence-electron chi connectivity index (χ1n) is 14.6. The summed E-state index contributed by atoms with van der Waals surface area (Å²) in [6.45, 7) is 5.61. The van der Waals surface area contributed by atoms with Crippen LogP contribution in [0.3, 0.4) is 0 Å². The SMILES string of the molecule is CC(C)(C)On1nncc1C1=CS[C@@H]2C(NC(=O)Cc3ccccc3)C(=O)N2C1C(=O)OC(c1ccccc1)c1ccccc1. The highest BCUT2D eigenvalue weighted by atomic mass is 32.2. The number of β-lactam (4-membered cyclic amide) rings is 1. The Morgan fingerprint density at radius 3 is 2.13 bits per heavy atom. The van der Waals surface area contributed by atoms with E-state index in [1.54, 1.807) is 5.41 Å². The molecular formula is C34H33N5O5S. The van der Waals surface area contributed by atoms with Gasteiger partial charge in [-0.3, -0.25) is 9.59 Å². The van der Waals surface area contributed by atoms with E-state index >= 15 is 0 Å². The van der Waals surface area contributed by atoms with Crippen molar-refractivity contribution >= 4 is 35.1 Å². The third-order valence-electron chi connectivity index (χ3n) is 7.35. The summed E-state index contributed by atoms with van der Waals surface area (Å²) in [6.07, 6.45) is 0.911. The van der Waals surface area contributed by atoms with Crippen LogP contribution in [0.2, 0.25) is 0 Å². The second-order valence-electron chi connectivity index (χ2n) is 11.8. The van der Waals surface area contributed by atoms with E-state index in [-0.39, 0.29) is 18.2 Å². The zero-order valence-electron chi connectivity index (χ0n) is 25.1. The molecule has 45 heavy (non-hydrogen) atoms. The summed E-state index contributed by atoms with van der Waals surface area (Å²) in [4.78, 5) is 49.7. The van der Waals surface area contributed by atoms with Crippen LogP contribution in [0.25, 0.3) is 5.57 Å². The van der Waals surface area contributed by atoms with Gasteiger partial charge in [0.25, 0.3) is 0 Å². The highest BCUT2D eigenvalue weighted by Gasteiger charge is 2.57. The number of carbonyl (C=O) groups excluding carboxylic acids is 3. The van der Waals surface area contributed by atoms with Crippen molar-refractivity contribution in [3.8, 4) is 0 Å². The molecule has 2 aliphatic heterocycles. The van der Waals surface area contributed by atoms with Crippen molar-refractivity contribution < 1.29 is 24.0 Å². The van der Waals surface area contributed by atoms with Crippen LogP contribution in [0, 0.1) is 0 Å². The molecule has 6 rings (SSSR count). The van der Waals surface area contributed by atoms with E-state index in [9.17, 15) is 14.4 Å². The lowest BCUT2D eigenvalue weighted by atomic mass is 9.95. The van der Waals surface area contributed by atoms with Gasteiger partial charge >= 0.3 is 5.97 Å². The summed E-state index contributed by atoms with van der Waals surface area (Å²) in [5, 5.41) is 12.3. The van der Waals surface area contributed by atoms with Gasteiger partial charge in [0.2, 0.25) is 11.8 Å². The number of ether oxygens (including phenoxy) is 1. The predicted molar refractivity (Wildman–Crippen MR) is 169 cm³/mol. The number of hydrogen-bond acceptors (Lipinski definition) is 8. The molecule has 1 fully saturated rings. The molecule has 230 valence electrons. The van der Waals surface area contributed by atoms with Crippen molar-refractivity contribution in [1.29, 1.82) is 0 Å². The molecule has 2 amide bonds. The third kappa shape index (κ3) is 6.48. The third-order valence-corrected chi connectivity index (χ3v) is 8.52. The van der Waals surface area contributed by atoms with Gasteiger partial charge < -0.3 is 19.8 Å². The number of rotatable bonds is 9. The number of fused-ring (bicyclic) bond motifs is 1. The van der Waals surface area contributed by atoms with Crippen LogP contribution in [-0.2, 0) is 25.5 Å². The maximum atomic E-state index is 14.3. The van der Waals surface area contributed by atoms with Crippen LogP contribution in [0.15, 0.2) is 103 Å². The maximum Gasteiger partial charge on any atom is 0.334 e. The summed E-state index contributed by atoms with van der Waals surface area (Å²) >= 11 is 1.34. The van der Waals surface area contributed by atoms with Crippen LogP contribution >= 0.6 is 11.8 Å². The van der Waals surface area contributed by atoms with Crippen molar-refractivity contribution in [2.75, 3.05) is 0 Å². The zero-order chi connectivity index (χ0) is 31.6. The summed E-state index contributed by atoms with van der Waals surface area (Å²) in [6, 6.07) is 26.3. The summed E-state index contributed by atoms with van der Waals surface area (Å²) < 4.78 is 6.27. The number of esters is 1. The number of hydrogen-bond donors (Lipinski definition) is 1. The molecule has 0 aliphatic carbocycles. The molecule has 3 heterocycles. The highest BCUT2D eigenvalue weighted by Crippen LogP contribution is 2.44. The Labute approximate surface area is 265 Å². The summed E-state index contributed by atoms with van der Waals surface area (Å²) in [5.41, 5.74) is 2.67. The molecule has 1 N–H and O–H groups in total. The quantitative estimate of drug-likeness (QED) is 0.218. The lowest BCUT2D eigenvalue weighted by Gasteiger charge is -2.51. The van der Waals surface area contributed by atoms with E-state index in [1.165, 1.54) is 27.7 Å². The Morgan fingerprint density at radius 2 is 1.53 bits per heavy atom. The van der Waals surface area contributed by atoms with Gasteiger partial charge in [-0.1, -0.05) is 95.8 Å². The minimum Gasteiger partial charge on any atom is -0.451 e. The second kappa shape index (κ2) is 12.6. The minimum absolute atomic E-state index is 0.138. The Hall–Kier alpha value is -4.90. The van der Waals surface area contributed by atoms with Crippen LogP contribution in [-0.4, -0.2) is 60.9 Å². The Morgan fingerprint density at radius 1 is 0.933 bits per heavy atom. The summed E-state index contributed by atoms with van der Waals surface area (Å²) in [5.74, 6) is -1.29. The Bertz CT molecular complexity index is 1670. The molecule has 11 heteroatoms. The molecule has 3 aromatic carbocycles. The fraction of sp³-hybridized carbons (Fsp3) is 0.265. The standard InChI is InChI=1S/C34H33N5O5S/c1-34(2,3)44-39-26(20-35-37-39)25-21-45-32-28(36-27(40)19-22-13-7-4-8-14-22)31(41)38(32)29(25)33(42)43-30(23-15-9-5-10-16-23)24-17-11-6-12-18-24/h4-18,20-21,28-30,32H,19H2,1-3H3,(H,36,40)/t28?,29?,32-/m1/s1. The molecule has 3 atom stereocenters. The van der Waals surface area contributed by atoms with Gasteiger partial charge in [-0.2, -0.15) is 0 Å². The number of nitrogens with one attached hydrogen (secondary N) is 1. The second-order valence-corrected chi connectivity index (χ2v) is 12.8. The maximum absolute atomic E-state index is 14.3. The molecule has 1 saturated heterocycles. The lowest BCUT2D eigenvalue weighted by Crippen LogP contribution is -2.73. The highest BCUT2D eigenvalue weighted by molar-refractivity contribution is 8.03. The van der Waals surface area contributed by atoms with Gasteiger partial charge in [0, 0.05) is 5.57 Å². The molecule has 0 bridgehead atoms. The van der Waals surface area contributed by atoms with E-state index in [2.05, 4.69) is 15.6 Å².